The number of nitrogens with two attached hydrogens (primary N) is 1. The number of carbonyl (C=O) groups is 1. The highest BCUT2D eigenvalue weighted by atomic mass is 19.1. The Morgan fingerprint density at radius 1 is 1.71 bits per heavy atom. The van der Waals surface area contributed by atoms with E-state index in [1.807, 2.05) is 0 Å². The zero-order valence-electron chi connectivity index (χ0n) is 7.79. The minimum absolute atomic E-state index is 0.0287. The number of rotatable bonds is 3. The van der Waals surface area contributed by atoms with E-state index in [0.717, 1.165) is 6.07 Å². The first-order chi connectivity index (χ1) is 6.63. The monoisotopic (exact) mass is 198 g/mol. The van der Waals surface area contributed by atoms with Crippen LogP contribution in [-0.2, 0) is 16.0 Å². The van der Waals surface area contributed by atoms with Crippen molar-refractivity contribution in [2.75, 3.05) is 12.3 Å². The summed E-state index contributed by atoms with van der Waals surface area (Å²) in [5.74, 6) is -1.08. The first-order valence-corrected chi connectivity index (χ1v) is 4.19. The molecule has 5 heteroatoms. The number of aromatic nitrogens is 1. The maximum atomic E-state index is 12.7. The van der Waals surface area contributed by atoms with Crippen LogP contribution in [0.25, 0.3) is 0 Å². The molecule has 0 aliphatic rings. The molecule has 0 aliphatic heterocycles. The lowest BCUT2D eigenvalue weighted by molar-refractivity contribution is -0.142. The number of hydrogen-bond donors (Lipinski definition) is 1. The van der Waals surface area contributed by atoms with Crippen LogP contribution >= 0.6 is 0 Å². The van der Waals surface area contributed by atoms with Crippen molar-refractivity contribution in [2.24, 2.45) is 0 Å². The van der Waals surface area contributed by atoms with E-state index in [-0.39, 0.29) is 6.42 Å². The van der Waals surface area contributed by atoms with E-state index in [2.05, 4.69) is 4.98 Å². The summed E-state index contributed by atoms with van der Waals surface area (Å²) in [5, 5.41) is 0. The van der Waals surface area contributed by atoms with Crippen molar-refractivity contribution in [3.63, 3.8) is 0 Å². The van der Waals surface area contributed by atoms with Crippen molar-refractivity contribution < 1.29 is 13.9 Å². The summed E-state index contributed by atoms with van der Waals surface area (Å²) in [5.41, 5.74) is 6.19. The highest BCUT2D eigenvalue weighted by molar-refractivity contribution is 5.74. The summed E-state index contributed by atoms with van der Waals surface area (Å²) in [6.45, 7) is 2.00. The number of carbonyl (C=O) groups excluding carboxylic acids is 1. The fourth-order valence-corrected chi connectivity index (χ4v) is 0.999. The molecule has 0 unspecified atom stereocenters. The van der Waals surface area contributed by atoms with Gasteiger partial charge in [0.05, 0.1) is 24.9 Å². The SMILES string of the molecule is CCOC(=O)Cc1cc(F)ncc1N. The highest BCUT2D eigenvalue weighted by Crippen LogP contribution is 2.12. The Labute approximate surface area is 80.9 Å². The maximum absolute atomic E-state index is 12.7. The van der Waals surface area contributed by atoms with Gasteiger partial charge >= 0.3 is 5.97 Å². The molecule has 1 heterocycles. The molecule has 0 aromatic carbocycles. The highest BCUT2D eigenvalue weighted by Gasteiger charge is 2.08. The standard InChI is InChI=1S/C9H11FN2O2/c1-2-14-9(13)4-6-3-8(10)12-5-7(6)11/h3,5H,2,4,11H2,1H3. The molecule has 4 nitrogen and oxygen atoms in total. The van der Waals surface area contributed by atoms with Crippen LogP contribution in [0.3, 0.4) is 0 Å². The van der Waals surface area contributed by atoms with Gasteiger partial charge in [0, 0.05) is 0 Å². The van der Waals surface area contributed by atoms with Gasteiger partial charge in [0.25, 0.3) is 0 Å². The third-order valence-corrected chi connectivity index (χ3v) is 1.63. The van der Waals surface area contributed by atoms with Crippen molar-refractivity contribution in [3.8, 4) is 0 Å². The lowest BCUT2D eigenvalue weighted by Crippen LogP contribution is -2.09. The lowest BCUT2D eigenvalue weighted by Gasteiger charge is -2.04. The zero-order valence-corrected chi connectivity index (χ0v) is 7.79. The van der Waals surface area contributed by atoms with Crippen molar-refractivity contribution in [1.29, 1.82) is 0 Å². The van der Waals surface area contributed by atoms with Gasteiger partial charge in [-0.1, -0.05) is 0 Å². The number of nitrogen functional groups attached to an aromatic ring is 1. The number of anilines is 1. The number of pyridine rings is 1. The largest absolute Gasteiger partial charge is 0.466 e. The summed E-state index contributed by atoms with van der Waals surface area (Å²) in [6, 6.07) is 1.13. The third-order valence-electron chi connectivity index (χ3n) is 1.63. The average molecular weight is 198 g/mol. The number of ether oxygens (including phenoxy) is 1. The number of halogens is 1. The van der Waals surface area contributed by atoms with Crippen LogP contribution in [0.4, 0.5) is 10.1 Å². The Morgan fingerprint density at radius 3 is 3.07 bits per heavy atom. The van der Waals surface area contributed by atoms with Gasteiger partial charge in [-0.15, -0.1) is 0 Å². The van der Waals surface area contributed by atoms with Gasteiger partial charge in [0.15, 0.2) is 0 Å². The Kier molecular flexibility index (Phi) is 3.39. The molecular formula is C9H11FN2O2. The van der Waals surface area contributed by atoms with Crippen molar-refractivity contribution in [1.82, 2.24) is 4.98 Å². The lowest BCUT2D eigenvalue weighted by atomic mass is 10.1. The second kappa shape index (κ2) is 4.55. The molecule has 1 aromatic rings. The summed E-state index contributed by atoms with van der Waals surface area (Å²) < 4.78 is 17.4. The van der Waals surface area contributed by atoms with E-state index < -0.39 is 11.9 Å². The van der Waals surface area contributed by atoms with Crippen LogP contribution in [0.5, 0.6) is 0 Å². The quantitative estimate of drug-likeness (QED) is 0.579. The Morgan fingerprint density at radius 2 is 2.43 bits per heavy atom. The molecule has 0 atom stereocenters. The van der Waals surface area contributed by atoms with Gasteiger partial charge in [0.1, 0.15) is 0 Å². The normalized spacial score (nSPS) is 9.86. The molecule has 0 spiro atoms. The van der Waals surface area contributed by atoms with Crippen LogP contribution in [-0.4, -0.2) is 17.6 Å². The molecule has 14 heavy (non-hydrogen) atoms. The maximum Gasteiger partial charge on any atom is 0.310 e. The average Bonchev–Trinajstić information content (AvgIpc) is 2.12. The minimum atomic E-state index is -0.654. The summed E-state index contributed by atoms with van der Waals surface area (Å²) in [6.07, 6.45) is 1.16. The number of hydrogen-bond acceptors (Lipinski definition) is 4. The molecule has 0 aliphatic carbocycles. The predicted octanol–water partition coefficient (Wildman–Crippen LogP) is 0.909. The molecule has 0 amide bonds. The first-order valence-electron chi connectivity index (χ1n) is 4.19. The third kappa shape index (κ3) is 2.69. The smallest absolute Gasteiger partial charge is 0.310 e. The van der Waals surface area contributed by atoms with Crippen LogP contribution in [0.15, 0.2) is 12.3 Å². The van der Waals surface area contributed by atoms with Gasteiger partial charge < -0.3 is 10.5 Å². The minimum Gasteiger partial charge on any atom is -0.466 e. The molecule has 0 saturated carbocycles. The zero-order chi connectivity index (χ0) is 10.6. The molecule has 0 saturated heterocycles. The summed E-state index contributed by atoms with van der Waals surface area (Å²) in [4.78, 5) is 14.4. The fraction of sp³-hybridized carbons (Fsp3) is 0.333. The van der Waals surface area contributed by atoms with Gasteiger partial charge in [-0.05, 0) is 18.6 Å². The summed E-state index contributed by atoms with van der Waals surface area (Å²) >= 11 is 0. The molecule has 0 bridgehead atoms. The molecule has 76 valence electrons. The van der Waals surface area contributed by atoms with E-state index >= 15 is 0 Å². The predicted molar refractivity (Wildman–Crippen MR) is 48.9 cm³/mol. The Bertz CT molecular complexity index is 342. The van der Waals surface area contributed by atoms with Crippen LogP contribution in [0.2, 0.25) is 0 Å². The molecule has 0 radical (unpaired) electrons. The van der Waals surface area contributed by atoms with Crippen LogP contribution < -0.4 is 5.73 Å². The van der Waals surface area contributed by atoms with E-state index in [1.54, 1.807) is 6.92 Å². The van der Waals surface area contributed by atoms with E-state index in [1.165, 1.54) is 6.20 Å². The van der Waals surface area contributed by atoms with E-state index in [4.69, 9.17) is 10.5 Å². The van der Waals surface area contributed by atoms with Crippen LogP contribution in [0, 0.1) is 5.95 Å². The van der Waals surface area contributed by atoms with E-state index in [9.17, 15) is 9.18 Å². The van der Waals surface area contributed by atoms with Crippen molar-refractivity contribution in [3.05, 3.63) is 23.8 Å². The number of esters is 1. The van der Waals surface area contributed by atoms with Gasteiger partial charge in [-0.25, -0.2) is 4.98 Å². The Hall–Kier alpha value is -1.65. The van der Waals surface area contributed by atoms with Gasteiger partial charge in [0.2, 0.25) is 5.95 Å². The van der Waals surface area contributed by atoms with Gasteiger partial charge in [-0.3, -0.25) is 4.79 Å². The molecule has 1 aromatic heterocycles. The van der Waals surface area contributed by atoms with Crippen LogP contribution in [0.1, 0.15) is 12.5 Å². The Balaban J connectivity index is 2.75. The molecule has 2 N–H and O–H groups in total. The molecule has 1 rings (SSSR count). The van der Waals surface area contributed by atoms with Crippen molar-refractivity contribution >= 4 is 11.7 Å². The second-order valence-electron chi connectivity index (χ2n) is 2.69. The molecule has 0 fully saturated rings. The fourth-order valence-electron chi connectivity index (χ4n) is 0.999. The molecular weight excluding hydrogens is 187 g/mol. The second-order valence-corrected chi connectivity index (χ2v) is 2.69. The summed E-state index contributed by atoms with van der Waals surface area (Å²) in [7, 11) is 0. The topological polar surface area (TPSA) is 65.2 Å². The van der Waals surface area contributed by atoms with Crippen molar-refractivity contribution in [2.45, 2.75) is 13.3 Å². The van der Waals surface area contributed by atoms with E-state index in [0.29, 0.717) is 17.9 Å². The number of nitrogens with zero attached hydrogens (tertiary/aromatic N) is 1. The van der Waals surface area contributed by atoms with Gasteiger partial charge in [-0.2, -0.15) is 4.39 Å². The first kappa shape index (κ1) is 10.4.